The van der Waals surface area contributed by atoms with Crippen LogP contribution in [0, 0.1) is 0 Å². The highest BCUT2D eigenvalue weighted by Gasteiger charge is 2.50. The van der Waals surface area contributed by atoms with Crippen molar-refractivity contribution < 1.29 is 13.9 Å². The minimum absolute atomic E-state index is 0.215. The average Bonchev–Trinajstić information content (AvgIpc) is 2.68. The third-order valence-electron chi connectivity index (χ3n) is 3.24. The standard InChI is InChI=1S/C13H11ClFNO2S/c1-7(17)18-13(5-9(15)6-13)10-4-8-2-3-11(14)16-12(8)19-10/h2-4,9H,5-6H2,1H3. The molecule has 0 aliphatic heterocycles. The lowest BCUT2D eigenvalue weighted by molar-refractivity contribution is -0.176. The summed E-state index contributed by atoms with van der Waals surface area (Å²) in [6, 6.07) is 5.47. The Morgan fingerprint density at radius 1 is 1.58 bits per heavy atom. The molecule has 0 amide bonds. The molecule has 1 aliphatic carbocycles. The fraction of sp³-hybridized carbons (Fsp3) is 0.385. The summed E-state index contributed by atoms with van der Waals surface area (Å²) in [6.45, 7) is 1.34. The minimum atomic E-state index is -0.916. The lowest BCUT2D eigenvalue weighted by Crippen LogP contribution is -2.45. The number of carbonyl (C=O) groups excluding carboxylic acids is 1. The summed E-state index contributed by atoms with van der Waals surface area (Å²) in [6.07, 6.45) is -0.485. The van der Waals surface area contributed by atoms with Gasteiger partial charge in [0.1, 0.15) is 16.2 Å². The predicted octanol–water partition coefficient (Wildman–Crippen LogP) is 3.84. The van der Waals surface area contributed by atoms with Crippen LogP contribution in [0.3, 0.4) is 0 Å². The Morgan fingerprint density at radius 2 is 2.32 bits per heavy atom. The smallest absolute Gasteiger partial charge is 0.303 e. The number of hydrogen-bond donors (Lipinski definition) is 0. The molecule has 0 radical (unpaired) electrons. The summed E-state index contributed by atoms with van der Waals surface area (Å²) < 4.78 is 18.6. The van der Waals surface area contributed by atoms with E-state index in [1.54, 1.807) is 6.07 Å². The number of fused-ring (bicyclic) bond motifs is 1. The highest BCUT2D eigenvalue weighted by Crippen LogP contribution is 2.49. The first-order valence-electron chi connectivity index (χ1n) is 5.89. The summed E-state index contributed by atoms with van der Waals surface area (Å²) in [5, 5.41) is 1.35. The molecule has 100 valence electrons. The molecule has 0 unspecified atom stereocenters. The van der Waals surface area contributed by atoms with E-state index < -0.39 is 17.7 Å². The number of thiophene rings is 1. The number of rotatable bonds is 2. The van der Waals surface area contributed by atoms with Gasteiger partial charge < -0.3 is 4.74 Å². The van der Waals surface area contributed by atoms with E-state index in [0.717, 1.165) is 15.1 Å². The van der Waals surface area contributed by atoms with Gasteiger partial charge in [-0.15, -0.1) is 11.3 Å². The summed E-state index contributed by atoms with van der Waals surface area (Å²) in [5.41, 5.74) is -0.816. The topological polar surface area (TPSA) is 39.2 Å². The zero-order chi connectivity index (χ0) is 13.6. The third kappa shape index (κ3) is 2.21. The van der Waals surface area contributed by atoms with Gasteiger partial charge in [-0.2, -0.15) is 0 Å². The highest BCUT2D eigenvalue weighted by molar-refractivity contribution is 7.18. The van der Waals surface area contributed by atoms with E-state index in [1.165, 1.54) is 18.3 Å². The minimum Gasteiger partial charge on any atom is -0.453 e. The number of ether oxygens (including phenoxy) is 1. The van der Waals surface area contributed by atoms with Crippen LogP contribution in [0.5, 0.6) is 0 Å². The number of esters is 1. The van der Waals surface area contributed by atoms with Crippen molar-refractivity contribution in [2.45, 2.75) is 31.5 Å². The molecule has 0 N–H and O–H groups in total. The highest BCUT2D eigenvalue weighted by atomic mass is 35.5. The molecule has 0 atom stereocenters. The van der Waals surface area contributed by atoms with Crippen LogP contribution >= 0.6 is 22.9 Å². The molecule has 3 nitrogen and oxygen atoms in total. The van der Waals surface area contributed by atoms with Crippen LogP contribution in [0.2, 0.25) is 5.15 Å². The van der Waals surface area contributed by atoms with Gasteiger partial charge in [0.25, 0.3) is 0 Å². The number of hydrogen-bond acceptors (Lipinski definition) is 4. The Morgan fingerprint density at radius 3 is 2.95 bits per heavy atom. The molecular formula is C13H11ClFNO2S. The number of aromatic nitrogens is 1. The Balaban J connectivity index is 2.03. The van der Waals surface area contributed by atoms with Crippen molar-refractivity contribution in [3.63, 3.8) is 0 Å². The van der Waals surface area contributed by atoms with Crippen molar-refractivity contribution in [3.8, 4) is 0 Å². The van der Waals surface area contributed by atoms with Gasteiger partial charge in [-0.05, 0) is 18.2 Å². The maximum absolute atomic E-state index is 13.2. The molecule has 1 saturated carbocycles. The normalized spacial score (nSPS) is 26.2. The Bertz CT molecular complexity index is 651. The van der Waals surface area contributed by atoms with E-state index in [0.29, 0.717) is 5.15 Å². The first kappa shape index (κ1) is 12.8. The number of nitrogens with zero attached hydrogens (tertiary/aromatic N) is 1. The van der Waals surface area contributed by atoms with E-state index >= 15 is 0 Å². The van der Waals surface area contributed by atoms with E-state index in [1.807, 2.05) is 12.1 Å². The van der Waals surface area contributed by atoms with Gasteiger partial charge in [0.05, 0.1) is 4.88 Å². The van der Waals surface area contributed by atoms with Crippen LogP contribution in [-0.2, 0) is 15.1 Å². The Hall–Kier alpha value is -1.20. The number of carbonyl (C=O) groups is 1. The quantitative estimate of drug-likeness (QED) is 0.625. The van der Waals surface area contributed by atoms with Gasteiger partial charge in [-0.3, -0.25) is 4.79 Å². The largest absolute Gasteiger partial charge is 0.453 e. The van der Waals surface area contributed by atoms with Crippen LogP contribution in [0.25, 0.3) is 10.2 Å². The second-order valence-electron chi connectivity index (χ2n) is 4.73. The molecule has 0 spiro atoms. The summed E-state index contributed by atoms with van der Waals surface area (Å²) >= 11 is 7.25. The SMILES string of the molecule is CC(=O)OC1(c2cc3ccc(Cl)nc3s2)CC(F)C1. The molecule has 1 aliphatic rings. The first-order chi connectivity index (χ1) is 8.98. The molecule has 0 aromatic carbocycles. The maximum Gasteiger partial charge on any atom is 0.303 e. The lowest BCUT2D eigenvalue weighted by Gasteiger charge is -2.42. The number of alkyl halides is 1. The third-order valence-corrected chi connectivity index (χ3v) is 4.68. The van der Waals surface area contributed by atoms with Crippen LogP contribution in [0.15, 0.2) is 18.2 Å². The van der Waals surface area contributed by atoms with Gasteiger partial charge >= 0.3 is 5.97 Å². The molecule has 1 fully saturated rings. The molecule has 2 aromatic rings. The van der Waals surface area contributed by atoms with Crippen molar-refractivity contribution in [2.75, 3.05) is 0 Å². The molecule has 3 rings (SSSR count). The van der Waals surface area contributed by atoms with Crippen molar-refractivity contribution in [1.82, 2.24) is 4.98 Å². The number of halogens is 2. The fourth-order valence-electron chi connectivity index (χ4n) is 2.39. The monoisotopic (exact) mass is 299 g/mol. The average molecular weight is 300 g/mol. The van der Waals surface area contributed by atoms with Gasteiger partial charge in [0, 0.05) is 25.2 Å². The molecule has 2 aromatic heterocycles. The summed E-state index contributed by atoms with van der Waals surface area (Å²) in [5.74, 6) is -0.393. The predicted molar refractivity (Wildman–Crippen MR) is 72.2 cm³/mol. The van der Waals surface area contributed by atoms with Crippen molar-refractivity contribution in [2.24, 2.45) is 0 Å². The van der Waals surface area contributed by atoms with Crippen LogP contribution in [-0.4, -0.2) is 17.1 Å². The molecule has 6 heteroatoms. The van der Waals surface area contributed by atoms with Crippen molar-refractivity contribution in [1.29, 1.82) is 0 Å². The lowest BCUT2D eigenvalue weighted by atomic mass is 9.77. The van der Waals surface area contributed by atoms with Crippen molar-refractivity contribution in [3.05, 3.63) is 28.2 Å². The zero-order valence-electron chi connectivity index (χ0n) is 10.2. The fourth-order valence-corrected chi connectivity index (χ4v) is 3.76. The Kier molecular flexibility index (Phi) is 2.98. The second kappa shape index (κ2) is 4.42. The molecule has 19 heavy (non-hydrogen) atoms. The van der Waals surface area contributed by atoms with Crippen LogP contribution in [0.1, 0.15) is 24.6 Å². The van der Waals surface area contributed by atoms with Crippen LogP contribution < -0.4 is 0 Å². The first-order valence-corrected chi connectivity index (χ1v) is 7.08. The van der Waals surface area contributed by atoms with E-state index in [9.17, 15) is 9.18 Å². The van der Waals surface area contributed by atoms with E-state index in [2.05, 4.69) is 4.98 Å². The summed E-state index contributed by atoms with van der Waals surface area (Å²) in [7, 11) is 0. The molecular weight excluding hydrogens is 289 g/mol. The van der Waals surface area contributed by atoms with Crippen molar-refractivity contribution >= 4 is 39.1 Å². The van der Waals surface area contributed by atoms with Gasteiger partial charge in [-0.1, -0.05) is 11.6 Å². The summed E-state index contributed by atoms with van der Waals surface area (Å²) in [4.78, 5) is 17.0. The van der Waals surface area contributed by atoms with Gasteiger partial charge in [0.15, 0.2) is 5.60 Å². The zero-order valence-corrected chi connectivity index (χ0v) is 11.7. The van der Waals surface area contributed by atoms with Crippen LogP contribution in [0.4, 0.5) is 4.39 Å². The Labute approximate surface area is 118 Å². The maximum atomic E-state index is 13.2. The van der Waals surface area contributed by atoms with Gasteiger partial charge in [0.2, 0.25) is 0 Å². The van der Waals surface area contributed by atoms with E-state index in [4.69, 9.17) is 16.3 Å². The molecule has 2 heterocycles. The van der Waals surface area contributed by atoms with Gasteiger partial charge in [-0.25, -0.2) is 9.37 Å². The second-order valence-corrected chi connectivity index (χ2v) is 6.15. The van der Waals surface area contributed by atoms with E-state index in [-0.39, 0.29) is 12.8 Å². The number of pyridine rings is 1. The molecule has 0 saturated heterocycles. The molecule has 0 bridgehead atoms.